The van der Waals surface area contributed by atoms with E-state index in [1.807, 2.05) is 6.07 Å². The number of hydrogen-bond acceptors (Lipinski definition) is 3. The molecule has 2 rings (SSSR count). The number of carbonyl (C=O) groups is 1. The zero-order valence-electron chi connectivity index (χ0n) is 10.4. The van der Waals surface area contributed by atoms with Crippen LogP contribution in [-0.2, 0) is 0 Å². The Bertz CT molecular complexity index is 657. The fourth-order valence-corrected chi connectivity index (χ4v) is 1.85. The van der Waals surface area contributed by atoms with Crippen molar-refractivity contribution in [3.05, 3.63) is 64.7 Å². The first-order valence-corrected chi connectivity index (χ1v) is 6.13. The van der Waals surface area contributed by atoms with E-state index >= 15 is 0 Å². The van der Waals surface area contributed by atoms with Gasteiger partial charge in [0.2, 0.25) is 0 Å². The number of anilines is 1. The van der Waals surface area contributed by atoms with Crippen LogP contribution in [0.25, 0.3) is 0 Å². The summed E-state index contributed by atoms with van der Waals surface area (Å²) in [4.78, 5) is 12.0. The molecule has 0 saturated heterocycles. The van der Waals surface area contributed by atoms with E-state index in [4.69, 9.17) is 22.5 Å². The van der Waals surface area contributed by atoms with Crippen LogP contribution in [0.2, 0.25) is 5.02 Å². The maximum absolute atomic E-state index is 12.0. The number of nitrogens with one attached hydrogen (secondary N) is 1. The number of hydrogen-bond donors (Lipinski definition) is 3. The summed E-state index contributed by atoms with van der Waals surface area (Å²) in [5, 5.41) is 14.5. The summed E-state index contributed by atoms with van der Waals surface area (Å²) in [5.74, 6) is -0.308. The van der Waals surface area contributed by atoms with E-state index in [0.717, 1.165) is 0 Å². The van der Waals surface area contributed by atoms with Crippen molar-refractivity contribution in [3.63, 3.8) is 0 Å². The highest BCUT2D eigenvalue weighted by atomic mass is 35.5. The summed E-state index contributed by atoms with van der Waals surface area (Å²) < 4.78 is 0. The van der Waals surface area contributed by atoms with Crippen LogP contribution in [0.4, 0.5) is 5.69 Å². The van der Waals surface area contributed by atoms with Crippen LogP contribution < -0.4 is 11.1 Å². The monoisotopic (exact) mass is 289 g/mol. The van der Waals surface area contributed by atoms with Gasteiger partial charge in [0.15, 0.2) is 5.84 Å². The third-order valence-corrected chi connectivity index (χ3v) is 2.97. The predicted molar refractivity (Wildman–Crippen MR) is 78.4 cm³/mol. The van der Waals surface area contributed by atoms with Crippen LogP contribution in [-0.4, -0.2) is 17.0 Å². The van der Waals surface area contributed by atoms with Gasteiger partial charge in [0.25, 0.3) is 5.91 Å². The van der Waals surface area contributed by atoms with Crippen molar-refractivity contribution in [2.75, 3.05) is 5.32 Å². The minimum Gasteiger partial charge on any atom is -0.409 e. The summed E-state index contributed by atoms with van der Waals surface area (Å²) in [6, 6.07) is 13.5. The number of amidine groups is 1. The molecule has 0 saturated carbocycles. The summed E-state index contributed by atoms with van der Waals surface area (Å²) >= 11 is 6.06. The number of halogens is 1. The Kier molecular flexibility index (Phi) is 4.22. The van der Waals surface area contributed by atoms with E-state index < -0.39 is 0 Å². The largest absolute Gasteiger partial charge is 0.409 e. The van der Waals surface area contributed by atoms with Gasteiger partial charge in [-0.05, 0) is 30.3 Å². The van der Waals surface area contributed by atoms with E-state index in [9.17, 15) is 4.79 Å². The Hall–Kier alpha value is -2.53. The zero-order valence-corrected chi connectivity index (χ0v) is 11.1. The Balaban J connectivity index is 2.21. The molecule has 102 valence electrons. The van der Waals surface area contributed by atoms with Crippen molar-refractivity contribution in [1.29, 1.82) is 0 Å². The first-order valence-electron chi connectivity index (χ1n) is 5.75. The van der Waals surface area contributed by atoms with Crippen LogP contribution in [0.1, 0.15) is 15.9 Å². The lowest BCUT2D eigenvalue weighted by Gasteiger charge is -2.08. The van der Waals surface area contributed by atoms with E-state index in [0.29, 0.717) is 21.8 Å². The second-order valence-electron chi connectivity index (χ2n) is 4.00. The third kappa shape index (κ3) is 3.07. The summed E-state index contributed by atoms with van der Waals surface area (Å²) in [7, 11) is 0. The van der Waals surface area contributed by atoms with Crippen molar-refractivity contribution in [2.24, 2.45) is 10.9 Å². The van der Waals surface area contributed by atoms with E-state index in [-0.39, 0.29) is 11.7 Å². The van der Waals surface area contributed by atoms with Gasteiger partial charge in [0, 0.05) is 11.1 Å². The van der Waals surface area contributed by atoms with Crippen molar-refractivity contribution >= 4 is 29.0 Å². The number of benzene rings is 2. The second-order valence-corrected chi connectivity index (χ2v) is 4.41. The average Bonchev–Trinajstić information content (AvgIpc) is 2.49. The topological polar surface area (TPSA) is 87.7 Å². The molecule has 0 aliphatic heterocycles. The molecule has 2 aromatic carbocycles. The standard InChI is InChI=1S/C14H12ClN3O2/c15-11-8-10(13(16)18-20)6-7-12(11)17-14(19)9-4-2-1-3-5-9/h1-8,20H,(H2,16,18)(H,17,19). The Morgan fingerprint density at radius 3 is 2.45 bits per heavy atom. The lowest BCUT2D eigenvalue weighted by molar-refractivity contribution is 0.102. The Morgan fingerprint density at radius 2 is 1.85 bits per heavy atom. The highest BCUT2D eigenvalue weighted by molar-refractivity contribution is 6.34. The lowest BCUT2D eigenvalue weighted by atomic mass is 10.1. The molecule has 0 bridgehead atoms. The molecule has 0 unspecified atom stereocenters. The smallest absolute Gasteiger partial charge is 0.255 e. The molecule has 0 heterocycles. The summed E-state index contributed by atoms with van der Waals surface area (Å²) in [5.41, 5.74) is 6.91. The van der Waals surface area contributed by atoms with Crippen molar-refractivity contribution in [1.82, 2.24) is 0 Å². The normalized spacial score (nSPS) is 11.2. The SMILES string of the molecule is N/C(=N/O)c1ccc(NC(=O)c2ccccc2)c(Cl)c1. The molecule has 0 spiro atoms. The molecule has 0 aromatic heterocycles. The highest BCUT2D eigenvalue weighted by Crippen LogP contribution is 2.23. The van der Waals surface area contributed by atoms with Gasteiger partial charge in [-0.2, -0.15) is 0 Å². The van der Waals surface area contributed by atoms with Gasteiger partial charge >= 0.3 is 0 Å². The summed E-state index contributed by atoms with van der Waals surface area (Å²) in [6.07, 6.45) is 0. The van der Waals surface area contributed by atoms with Gasteiger partial charge in [0.1, 0.15) is 0 Å². The van der Waals surface area contributed by atoms with Gasteiger partial charge in [-0.15, -0.1) is 0 Å². The van der Waals surface area contributed by atoms with Crippen molar-refractivity contribution in [2.45, 2.75) is 0 Å². The van der Waals surface area contributed by atoms with E-state index in [1.165, 1.54) is 6.07 Å². The van der Waals surface area contributed by atoms with Gasteiger partial charge in [-0.3, -0.25) is 4.79 Å². The van der Waals surface area contributed by atoms with Crippen molar-refractivity contribution in [3.8, 4) is 0 Å². The first-order chi connectivity index (χ1) is 9.61. The second kappa shape index (κ2) is 6.08. The minimum atomic E-state index is -0.260. The maximum atomic E-state index is 12.0. The van der Waals surface area contributed by atoms with E-state index in [2.05, 4.69) is 10.5 Å². The molecule has 0 atom stereocenters. The first kappa shape index (κ1) is 13.9. The van der Waals surface area contributed by atoms with Gasteiger partial charge in [-0.25, -0.2) is 0 Å². The number of nitrogens with zero attached hydrogens (tertiary/aromatic N) is 1. The van der Waals surface area contributed by atoms with Crippen LogP contribution >= 0.6 is 11.6 Å². The van der Waals surface area contributed by atoms with Crippen LogP contribution in [0.5, 0.6) is 0 Å². The number of amides is 1. The molecular weight excluding hydrogens is 278 g/mol. The van der Waals surface area contributed by atoms with Crippen LogP contribution in [0, 0.1) is 0 Å². The van der Waals surface area contributed by atoms with Gasteiger partial charge < -0.3 is 16.3 Å². The molecule has 6 heteroatoms. The molecular formula is C14H12ClN3O2. The van der Waals surface area contributed by atoms with Crippen LogP contribution in [0.15, 0.2) is 53.7 Å². The Morgan fingerprint density at radius 1 is 1.15 bits per heavy atom. The predicted octanol–water partition coefficient (Wildman–Crippen LogP) is 2.69. The molecule has 20 heavy (non-hydrogen) atoms. The molecule has 0 fully saturated rings. The lowest BCUT2D eigenvalue weighted by Crippen LogP contribution is -2.14. The number of nitrogens with two attached hydrogens (primary N) is 1. The quantitative estimate of drug-likeness (QED) is 0.351. The van der Waals surface area contributed by atoms with Crippen molar-refractivity contribution < 1.29 is 10.0 Å². The highest BCUT2D eigenvalue weighted by Gasteiger charge is 2.09. The molecule has 0 radical (unpaired) electrons. The fraction of sp³-hybridized carbons (Fsp3) is 0. The fourth-order valence-electron chi connectivity index (χ4n) is 1.62. The van der Waals surface area contributed by atoms with Gasteiger partial charge in [0.05, 0.1) is 10.7 Å². The van der Waals surface area contributed by atoms with E-state index in [1.54, 1.807) is 36.4 Å². The summed E-state index contributed by atoms with van der Waals surface area (Å²) in [6.45, 7) is 0. The average molecular weight is 290 g/mol. The minimum absolute atomic E-state index is 0.0483. The van der Waals surface area contributed by atoms with Crippen LogP contribution in [0.3, 0.4) is 0 Å². The molecule has 0 aliphatic rings. The molecule has 2 aromatic rings. The molecule has 1 amide bonds. The Labute approximate surface area is 120 Å². The molecule has 5 nitrogen and oxygen atoms in total. The zero-order chi connectivity index (χ0) is 14.5. The number of rotatable bonds is 3. The number of oxime groups is 1. The number of carbonyl (C=O) groups excluding carboxylic acids is 1. The maximum Gasteiger partial charge on any atom is 0.255 e. The molecule has 0 aliphatic carbocycles. The van der Waals surface area contributed by atoms with Gasteiger partial charge in [-0.1, -0.05) is 35.0 Å². The molecule has 4 N–H and O–H groups in total. The third-order valence-electron chi connectivity index (χ3n) is 2.66.